The van der Waals surface area contributed by atoms with E-state index in [0.29, 0.717) is 18.2 Å². The van der Waals surface area contributed by atoms with Crippen molar-refractivity contribution in [3.63, 3.8) is 0 Å². The van der Waals surface area contributed by atoms with Crippen molar-refractivity contribution in [1.82, 2.24) is 0 Å². The number of nitrogens with zero attached hydrogens (tertiary/aromatic N) is 1. The van der Waals surface area contributed by atoms with Gasteiger partial charge in [0, 0.05) is 5.69 Å². The standard InChI is InChI=1S/C19H24N2O2Si/c1-24(2,3)22-13-17-18(14-9-5-4-6-10-14)23-19(21-17)15-11-7-8-12-16(15)20/h4-12,17-18H,13,20H2,1-3H3/t17-,18-/m0/s1. The van der Waals surface area contributed by atoms with E-state index >= 15 is 0 Å². The van der Waals surface area contributed by atoms with Crippen LogP contribution in [0.4, 0.5) is 5.69 Å². The summed E-state index contributed by atoms with van der Waals surface area (Å²) in [6.45, 7) is 7.10. The third kappa shape index (κ3) is 3.86. The summed E-state index contributed by atoms with van der Waals surface area (Å²) in [6.07, 6.45) is -0.142. The van der Waals surface area contributed by atoms with E-state index < -0.39 is 8.32 Å². The minimum Gasteiger partial charge on any atom is -0.467 e. The van der Waals surface area contributed by atoms with Gasteiger partial charge < -0.3 is 14.9 Å². The number of nitrogens with two attached hydrogens (primary N) is 1. The zero-order valence-corrected chi connectivity index (χ0v) is 15.4. The summed E-state index contributed by atoms with van der Waals surface area (Å²) in [5.74, 6) is 0.603. The summed E-state index contributed by atoms with van der Waals surface area (Å²) in [7, 11) is -1.62. The predicted octanol–water partition coefficient (Wildman–Crippen LogP) is 4.01. The molecule has 2 aromatic rings. The highest BCUT2D eigenvalue weighted by atomic mass is 28.4. The molecule has 126 valence electrons. The SMILES string of the molecule is C[Si](C)(C)OC[C@@H]1N=C(c2ccccc2N)O[C@H]1c1ccccc1. The zero-order chi connectivity index (χ0) is 17.2. The van der Waals surface area contributed by atoms with Crippen LogP contribution in [0.2, 0.25) is 19.6 Å². The molecule has 0 bridgehead atoms. The minimum absolute atomic E-state index is 0.0614. The maximum Gasteiger partial charge on any atom is 0.219 e. The Hall–Kier alpha value is -2.11. The lowest BCUT2D eigenvalue weighted by molar-refractivity contribution is 0.158. The van der Waals surface area contributed by atoms with Crippen molar-refractivity contribution in [2.24, 2.45) is 4.99 Å². The van der Waals surface area contributed by atoms with Crippen LogP contribution in [-0.2, 0) is 9.16 Å². The lowest BCUT2D eigenvalue weighted by Crippen LogP contribution is -2.31. The molecule has 5 heteroatoms. The smallest absolute Gasteiger partial charge is 0.219 e. The van der Waals surface area contributed by atoms with Gasteiger partial charge in [0.2, 0.25) is 5.90 Å². The maximum absolute atomic E-state index is 6.20. The molecule has 4 nitrogen and oxygen atoms in total. The van der Waals surface area contributed by atoms with Crippen LogP contribution in [0.3, 0.4) is 0 Å². The van der Waals surface area contributed by atoms with Crippen LogP contribution >= 0.6 is 0 Å². The highest BCUT2D eigenvalue weighted by Gasteiger charge is 2.34. The Morgan fingerprint density at radius 3 is 2.38 bits per heavy atom. The van der Waals surface area contributed by atoms with E-state index in [9.17, 15) is 0 Å². The van der Waals surface area contributed by atoms with Crippen LogP contribution in [0.1, 0.15) is 17.2 Å². The van der Waals surface area contributed by atoms with Gasteiger partial charge in [-0.25, -0.2) is 4.99 Å². The Labute approximate surface area is 144 Å². The minimum atomic E-state index is -1.62. The molecule has 0 aromatic heterocycles. The molecule has 0 saturated heterocycles. The number of hydrogen-bond donors (Lipinski definition) is 1. The summed E-state index contributed by atoms with van der Waals surface area (Å²) < 4.78 is 12.3. The quantitative estimate of drug-likeness (QED) is 0.661. The van der Waals surface area contributed by atoms with Gasteiger partial charge in [0.25, 0.3) is 0 Å². The summed E-state index contributed by atoms with van der Waals surface area (Å²) in [5.41, 5.74) is 8.71. The van der Waals surface area contributed by atoms with Gasteiger partial charge >= 0.3 is 0 Å². The molecule has 1 heterocycles. The fraction of sp³-hybridized carbons (Fsp3) is 0.316. The predicted molar refractivity (Wildman–Crippen MR) is 101 cm³/mol. The fourth-order valence-electron chi connectivity index (χ4n) is 2.67. The number of hydrogen-bond acceptors (Lipinski definition) is 4. The van der Waals surface area contributed by atoms with Crippen LogP contribution in [0.25, 0.3) is 0 Å². The molecule has 2 atom stereocenters. The maximum atomic E-state index is 6.20. The Balaban J connectivity index is 1.88. The molecule has 0 aliphatic carbocycles. The Morgan fingerprint density at radius 1 is 1.04 bits per heavy atom. The van der Waals surface area contributed by atoms with Gasteiger partial charge in [-0.05, 0) is 37.3 Å². The average molecular weight is 340 g/mol. The van der Waals surface area contributed by atoms with Gasteiger partial charge in [-0.15, -0.1) is 0 Å². The fourth-order valence-corrected chi connectivity index (χ4v) is 3.34. The van der Waals surface area contributed by atoms with Crippen molar-refractivity contribution in [3.8, 4) is 0 Å². The van der Waals surface area contributed by atoms with Gasteiger partial charge in [0.1, 0.15) is 6.04 Å². The number of nitrogen functional groups attached to an aromatic ring is 1. The van der Waals surface area contributed by atoms with E-state index in [1.54, 1.807) is 0 Å². The lowest BCUT2D eigenvalue weighted by atomic mass is 10.0. The molecule has 0 unspecified atom stereocenters. The number of benzene rings is 2. The number of rotatable bonds is 5. The van der Waals surface area contributed by atoms with Gasteiger partial charge in [-0.2, -0.15) is 0 Å². The van der Waals surface area contributed by atoms with Crippen molar-refractivity contribution < 1.29 is 9.16 Å². The number of para-hydroxylation sites is 1. The Bertz CT molecular complexity index is 726. The summed E-state index contributed by atoms with van der Waals surface area (Å²) in [6, 6.07) is 17.8. The van der Waals surface area contributed by atoms with Gasteiger partial charge in [-0.3, -0.25) is 0 Å². The zero-order valence-electron chi connectivity index (χ0n) is 14.4. The van der Waals surface area contributed by atoms with Crippen molar-refractivity contribution in [3.05, 3.63) is 65.7 Å². The largest absolute Gasteiger partial charge is 0.467 e. The molecule has 2 aromatic carbocycles. The normalized spacial score (nSPS) is 20.5. The second-order valence-corrected chi connectivity index (χ2v) is 11.5. The molecule has 0 amide bonds. The van der Waals surface area contributed by atoms with Crippen LogP contribution in [0, 0.1) is 0 Å². The number of aliphatic imine (C=N–C) groups is 1. The summed E-state index contributed by atoms with van der Waals surface area (Å²) in [4.78, 5) is 4.79. The van der Waals surface area contributed by atoms with Gasteiger partial charge in [-0.1, -0.05) is 42.5 Å². The van der Waals surface area contributed by atoms with E-state index in [0.717, 1.165) is 11.1 Å². The first kappa shape index (κ1) is 16.7. The molecule has 24 heavy (non-hydrogen) atoms. The highest BCUT2D eigenvalue weighted by Crippen LogP contribution is 2.32. The van der Waals surface area contributed by atoms with Gasteiger partial charge in [0.05, 0.1) is 12.2 Å². The van der Waals surface area contributed by atoms with E-state index in [1.165, 1.54) is 0 Å². The van der Waals surface area contributed by atoms with Gasteiger partial charge in [0.15, 0.2) is 14.4 Å². The Morgan fingerprint density at radius 2 is 1.71 bits per heavy atom. The molecule has 1 aliphatic heterocycles. The lowest BCUT2D eigenvalue weighted by Gasteiger charge is -2.22. The van der Waals surface area contributed by atoms with Crippen molar-refractivity contribution >= 4 is 19.9 Å². The van der Waals surface area contributed by atoms with Crippen LogP contribution in [0.5, 0.6) is 0 Å². The molecule has 1 aliphatic rings. The highest BCUT2D eigenvalue weighted by molar-refractivity contribution is 6.69. The first-order valence-corrected chi connectivity index (χ1v) is 11.6. The van der Waals surface area contributed by atoms with Crippen molar-refractivity contribution in [2.45, 2.75) is 31.8 Å². The molecular formula is C19H24N2O2Si. The number of ether oxygens (including phenoxy) is 1. The van der Waals surface area contributed by atoms with E-state index in [4.69, 9.17) is 19.9 Å². The molecule has 0 spiro atoms. The van der Waals surface area contributed by atoms with E-state index in [1.807, 2.05) is 42.5 Å². The van der Waals surface area contributed by atoms with Crippen LogP contribution in [-0.4, -0.2) is 26.9 Å². The average Bonchev–Trinajstić information content (AvgIpc) is 2.98. The molecular weight excluding hydrogens is 316 g/mol. The van der Waals surface area contributed by atoms with Crippen LogP contribution in [0.15, 0.2) is 59.6 Å². The molecule has 3 rings (SSSR count). The van der Waals surface area contributed by atoms with E-state index in [-0.39, 0.29) is 12.1 Å². The van der Waals surface area contributed by atoms with Crippen LogP contribution < -0.4 is 5.73 Å². The summed E-state index contributed by atoms with van der Waals surface area (Å²) >= 11 is 0. The third-order valence-corrected chi connectivity index (χ3v) is 4.91. The molecule has 0 saturated carbocycles. The monoisotopic (exact) mass is 340 g/mol. The molecule has 0 radical (unpaired) electrons. The topological polar surface area (TPSA) is 56.8 Å². The van der Waals surface area contributed by atoms with Crippen molar-refractivity contribution in [2.75, 3.05) is 12.3 Å². The Kier molecular flexibility index (Phi) is 4.73. The van der Waals surface area contributed by atoms with E-state index in [2.05, 4.69) is 31.8 Å². The third-order valence-electron chi connectivity index (χ3n) is 3.88. The molecule has 2 N–H and O–H groups in total. The molecule has 0 fully saturated rings. The number of anilines is 1. The second-order valence-electron chi connectivity index (χ2n) is 6.96. The summed E-state index contributed by atoms with van der Waals surface area (Å²) in [5, 5.41) is 0. The van der Waals surface area contributed by atoms with Crippen molar-refractivity contribution in [1.29, 1.82) is 0 Å². The first-order valence-electron chi connectivity index (χ1n) is 8.22. The first-order chi connectivity index (χ1) is 11.4. The second kappa shape index (κ2) is 6.79.